The number of allylic oxidation sites excluding steroid dienone is 2. The number of hydrogen-bond acceptors (Lipinski definition) is 6. The van der Waals surface area contributed by atoms with Gasteiger partial charge in [0.1, 0.15) is 5.82 Å². The highest BCUT2D eigenvalue weighted by Gasteiger charge is 2.35. The molecule has 0 fully saturated rings. The first-order chi connectivity index (χ1) is 16.5. The van der Waals surface area contributed by atoms with Crippen LogP contribution in [0.2, 0.25) is 0 Å². The molecule has 2 heterocycles. The number of carbonyl (C=O) groups excluding carboxylic acids is 2. The molecule has 0 bridgehead atoms. The minimum absolute atomic E-state index is 0.0646. The Hall–Kier alpha value is -3.67. The number of benzene rings is 2. The number of thioether (sulfide) groups is 1. The Morgan fingerprint density at radius 3 is 2.50 bits per heavy atom. The van der Waals surface area contributed by atoms with E-state index in [-0.39, 0.29) is 17.4 Å². The maximum Gasteiger partial charge on any atom is 0.254 e. The number of Topliss-reactive ketones (excluding diaryl/α,β-unsaturated/α-hetero) is 1. The summed E-state index contributed by atoms with van der Waals surface area (Å²) in [6.07, 6.45) is 0. The summed E-state index contributed by atoms with van der Waals surface area (Å²) in [6.45, 7) is 1.79. The van der Waals surface area contributed by atoms with Crippen LogP contribution in [0.15, 0.2) is 94.0 Å². The summed E-state index contributed by atoms with van der Waals surface area (Å²) in [4.78, 5) is 26.8. The van der Waals surface area contributed by atoms with Crippen LogP contribution in [0.5, 0.6) is 0 Å². The van der Waals surface area contributed by atoms with E-state index in [1.54, 1.807) is 19.1 Å². The number of halogens is 1. The van der Waals surface area contributed by atoms with E-state index < -0.39 is 11.7 Å². The average Bonchev–Trinajstić information content (AvgIpc) is 3.37. The van der Waals surface area contributed by atoms with Gasteiger partial charge in [0, 0.05) is 27.4 Å². The number of carbonyl (C=O) groups is 2. The van der Waals surface area contributed by atoms with E-state index in [1.807, 2.05) is 35.7 Å². The highest BCUT2D eigenvalue weighted by atomic mass is 32.2. The van der Waals surface area contributed by atoms with Crippen molar-refractivity contribution >= 4 is 40.5 Å². The number of thiophene rings is 1. The number of amides is 1. The molecule has 1 aromatic heterocycles. The monoisotopic (exact) mass is 489 g/mol. The number of dihydropyridines is 1. The van der Waals surface area contributed by atoms with Gasteiger partial charge in [-0.15, -0.1) is 11.3 Å². The molecule has 34 heavy (non-hydrogen) atoms. The number of para-hydroxylation sites is 1. The van der Waals surface area contributed by atoms with Crippen molar-refractivity contribution in [1.82, 2.24) is 5.32 Å². The fourth-order valence-corrected chi connectivity index (χ4v) is 5.47. The Labute approximate surface area is 205 Å². The molecule has 0 saturated carbocycles. The standard InChI is InChI=1S/C26H20FN3O2S2/c1-16-23(25(32)30-19-6-3-2-4-7-19)24(22-8-5-13-33-22)20(14-28)26(29-16)34-15-21(31)17-9-11-18(27)12-10-17/h2-13,24,29H,15H2,1H3,(H,30,32)/t24-/m0/s1. The molecule has 8 heteroatoms. The molecule has 2 N–H and O–H groups in total. The predicted octanol–water partition coefficient (Wildman–Crippen LogP) is 5.84. The summed E-state index contributed by atoms with van der Waals surface area (Å²) >= 11 is 2.66. The van der Waals surface area contributed by atoms with Crippen LogP contribution in [-0.4, -0.2) is 17.4 Å². The third-order valence-electron chi connectivity index (χ3n) is 5.27. The Morgan fingerprint density at radius 2 is 1.85 bits per heavy atom. The molecule has 1 aliphatic rings. The van der Waals surface area contributed by atoms with Crippen molar-refractivity contribution in [1.29, 1.82) is 5.26 Å². The summed E-state index contributed by atoms with van der Waals surface area (Å²) < 4.78 is 13.2. The molecule has 1 aliphatic heterocycles. The molecule has 3 aromatic rings. The van der Waals surface area contributed by atoms with E-state index >= 15 is 0 Å². The zero-order valence-corrected chi connectivity index (χ0v) is 19.8. The molecule has 0 radical (unpaired) electrons. The summed E-state index contributed by atoms with van der Waals surface area (Å²) in [5, 5.41) is 18.6. The van der Waals surface area contributed by atoms with Crippen LogP contribution in [0.1, 0.15) is 28.1 Å². The van der Waals surface area contributed by atoms with Crippen molar-refractivity contribution < 1.29 is 14.0 Å². The fraction of sp³-hybridized carbons (Fsp3) is 0.115. The molecule has 0 unspecified atom stereocenters. The predicted molar refractivity (Wildman–Crippen MR) is 134 cm³/mol. The van der Waals surface area contributed by atoms with Gasteiger partial charge in [0.2, 0.25) is 0 Å². The van der Waals surface area contributed by atoms with E-state index in [1.165, 1.54) is 47.4 Å². The summed E-state index contributed by atoms with van der Waals surface area (Å²) in [6, 6.07) is 20.5. The second-order valence-electron chi connectivity index (χ2n) is 7.51. The third kappa shape index (κ3) is 5.11. The molecule has 1 amide bonds. The highest BCUT2D eigenvalue weighted by Crippen LogP contribution is 2.42. The van der Waals surface area contributed by atoms with E-state index in [0.717, 1.165) is 4.88 Å². The number of nitrogens with one attached hydrogen (secondary N) is 2. The Balaban J connectivity index is 1.63. The van der Waals surface area contributed by atoms with E-state index in [4.69, 9.17) is 0 Å². The Morgan fingerprint density at radius 1 is 1.12 bits per heavy atom. The molecule has 5 nitrogen and oxygen atoms in total. The van der Waals surface area contributed by atoms with Gasteiger partial charge in [-0.1, -0.05) is 36.0 Å². The number of nitrogens with zero attached hydrogens (tertiary/aromatic N) is 1. The van der Waals surface area contributed by atoms with Crippen molar-refractivity contribution in [2.45, 2.75) is 12.8 Å². The SMILES string of the molecule is CC1=C(C(=O)Nc2ccccc2)[C@H](c2cccs2)C(C#N)=C(SCC(=O)c2ccc(F)cc2)N1. The molecule has 170 valence electrons. The second-order valence-corrected chi connectivity index (χ2v) is 9.47. The van der Waals surface area contributed by atoms with Crippen molar-refractivity contribution in [3.05, 3.63) is 110 Å². The van der Waals surface area contributed by atoms with Crippen LogP contribution >= 0.6 is 23.1 Å². The molecule has 4 rings (SSSR count). The van der Waals surface area contributed by atoms with Crippen LogP contribution in [0.3, 0.4) is 0 Å². The zero-order chi connectivity index (χ0) is 24.1. The van der Waals surface area contributed by atoms with Crippen LogP contribution in [-0.2, 0) is 4.79 Å². The van der Waals surface area contributed by atoms with Gasteiger partial charge in [0.05, 0.1) is 28.3 Å². The highest BCUT2D eigenvalue weighted by molar-refractivity contribution is 8.03. The van der Waals surface area contributed by atoms with Crippen molar-refractivity contribution in [2.24, 2.45) is 0 Å². The van der Waals surface area contributed by atoms with Crippen molar-refractivity contribution in [2.75, 3.05) is 11.1 Å². The van der Waals surface area contributed by atoms with Crippen LogP contribution in [0.25, 0.3) is 0 Å². The lowest BCUT2D eigenvalue weighted by molar-refractivity contribution is -0.113. The summed E-state index contributed by atoms with van der Waals surface area (Å²) in [7, 11) is 0. The van der Waals surface area contributed by atoms with Crippen LogP contribution in [0, 0.1) is 17.1 Å². The van der Waals surface area contributed by atoms with E-state index in [0.29, 0.717) is 33.1 Å². The van der Waals surface area contributed by atoms with Gasteiger partial charge in [-0.25, -0.2) is 4.39 Å². The molecule has 0 saturated heterocycles. The zero-order valence-electron chi connectivity index (χ0n) is 18.2. The van der Waals surface area contributed by atoms with Gasteiger partial charge in [0.25, 0.3) is 5.91 Å². The van der Waals surface area contributed by atoms with E-state index in [2.05, 4.69) is 16.7 Å². The van der Waals surface area contributed by atoms with Gasteiger partial charge in [-0.3, -0.25) is 9.59 Å². The van der Waals surface area contributed by atoms with Crippen molar-refractivity contribution in [3.8, 4) is 6.07 Å². The van der Waals surface area contributed by atoms with Crippen LogP contribution in [0.4, 0.5) is 10.1 Å². The number of hydrogen-bond donors (Lipinski definition) is 2. The lowest BCUT2D eigenvalue weighted by Crippen LogP contribution is -2.30. The van der Waals surface area contributed by atoms with Gasteiger partial charge in [-0.2, -0.15) is 5.26 Å². The molecule has 0 aliphatic carbocycles. The lowest BCUT2D eigenvalue weighted by atomic mass is 9.86. The third-order valence-corrected chi connectivity index (χ3v) is 7.22. The quantitative estimate of drug-likeness (QED) is 0.408. The average molecular weight is 490 g/mol. The Kier molecular flexibility index (Phi) is 7.26. The first-order valence-corrected chi connectivity index (χ1v) is 12.3. The molecule has 2 aromatic carbocycles. The fourth-order valence-electron chi connectivity index (χ4n) is 3.64. The molecule has 1 atom stereocenters. The topological polar surface area (TPSA) is 82.0 Å². The second kappa shape index (κ2) is 10.5. The largest absolute Gasteiger partial charge is 0.353 e. The minimum Gasteiger partial charge on any atom is -0.353 e. The Bertz CT molecular complexity index is 1310. The van der Waals surface area contributed by atoms with E-state index in [9.17, 15) is 19.2 Å². The van der Waals surface area contributed by atoms with Gasteiger partial charge >= 0.3 is 0 Å². The number of anilines is 1. The summed E-state index contributed by atoms with van der Waals surface area (Å²) in [5.74, 6) is -1.38. The number of ketones is 1. The molecule has 0 spiro atoms. The first kappa shape index (κ1) is 23.5. The van der Waals surface area contributed by atoms with Gasteiger partial charge < -0.3 is 10.6 Å². The lowest BCUT2D eigenvalue weighted by Gasteiger charge is -2.29. The minimum atomic E-state index is -0.557. The number of rotatable bonds is 7. The normalized spacial score (nSPS) is 15.5. The van der Waals surface area contributed by atoms with Gasteiger partial charge in [0.15, 0.2) is 5.78 Å². The molecular formula is C26H20FN3O2S2. The summed E-state index contributed by atoms with van der Waals surface area (Å²) in [5.41, 5.74) is 2.50. The first-order valence-electron chi connectivity index (χ1n) is 10.4. The molecular weight excluding hydrogens is 469 g/mol. The maximum absolute atomic E-state index is 13.3. The number of nitriles is 1. The van der Waals surface area contributed by atoms with Crippen LogP contribution < -0.4 is 10.6 Å². The maximum atomic E-state index is 13.3. The smallest absolute Gasteiger partial charge is 0.254 e. The van der Waals surface area contributed by atoms with Crippen molar-refractivity contribution in [3.63, 3.8) is 0 Å². The van der Waals surface area contributed by atoms with Gasteiger partial charge in [-0.05, 0) is 54.8 Å².